The average Bonchev–Trinajstić information content (AvgIpc) is 2.83. The number of nitrogens with zero attached hydrogens (tertiary/aromatic N) is 3. The summed E-state index contributed by atoms with van der Waals surface area (Å²) in [5, 5.41) is 16.0. The van der Waals surface area contributed by atoms with Crippen molar-refractivity contribution in [3.05, 3.63) is 35.7 Å². The number of thioether (sulfide) groups is 1. The minimum atomic E-state index is -1.06. The number of aromatic carboxylic acids is 1. The van der Waals surface area contributed by atoms with E-state index in [0.717, 1.165) is 21.9 Å². The minimum Gasteiger partial charge on any atom is -0.476 e. The monoisotopic (exact) mass is 278 g/mol. The number of carboxylic acid groups (broad SMARTS) is 1. The second kappa shape index (κ2) is 5.75. The van der Waals surface area contributed by atoms with Gasteiger partial charge in [0.05, 0.1) is 12.7 Å². The van der Waals surface area contributed by atoms with Crippen molar-refractivity contribution in [2.75, 3.05) is 11.5 Å². The fourth-order valence-corrected chi connectivity index (χ4v) is 2.44. The van der Waals surface area contributed by atoms with Crippen LogP contribution < -0.4 is 5.73 Å². The predicted octanol–water partition coefficient (Wildman–Crippen LogP) is 1.66. The molecule has 0 aliphatic rings. The van der Waals surface area contributed by atoms with Crippen LogP contribution in [0.4, 0.5) is 5.69 Å². The van der Waals surface area contributed by atoms with Crippen LogP contribution in [0.1, 0.15) is 16.1 Å². The van der Waals surface area contributed by atoms with Gasteiger partial charge in [-0.25, -0.2) is 4.79 Å². The quantitative estimate of drug-likeness (QED) is 0.638. The van der Waals surface area contributed by atoms with E-state index in [1.807, 2.05) is 25.1 Å². The van der Waals surface area contributed by atoms with Crippen LogP contribution in [-0.4, -0.2) is 31.8 Å². The van der Waals surface area contributed by atoms with Gasteiger partial charge in [0.25, 0.3) is 0 Å². The van der Waals surface area contributed by atoms with Gasteiger partial charge in [-0.15, -0.1) is 16.9 Å². The van der Waals surface area contributed by atoms with Crippen LogP contribution in [0.5, 0.6) is 0 Å². The highest BCUT2D eigenvalue weighted by Gasteiger charge is 2.07. The summed E-state index contributed by atoms with van der Waals surface area (Å²) in [6.07, 6.45) is 1.43. The molecule has 6 nitrogen and oxygen atoms in total. The Labute approximate surface area is 114 Å². The van der Waals surface area contributed by atoms with E-state index in [1.165, 1.54) is 10.9 Å². The molecule has 0 spiro atoms. The molecule has 0 aliphatic heterocycles. The molecular formula is C12H14N4O2S. The third-order valence-electron chi connectivity index (χ3n) is 2.59. The standard InChI is InChI=1S/C12H14N4O2S/c1-8-6-9(2-3-10(8)13)19-5-4-16-7-11(12(17)18)14-15-16/h2-3,6-7H,4-5,13H2,1H3,(H,17,18). The minimum absolute atomic E-state index is 0.0340. The normalized spacial score (nSPS) is 10.6. The molecule has 0 saturated heterocycles. The van der Waals surface area contributed by atoms with E-state index in [1.54, 1.807) is 11.8 Å². The highest BCUT2D eigenvalue weighted by molar-refractivity contribution is 7.99. The summed E-state index contributed by atoms with van der Waals surface area (Å²) in [5.41, 5.74) is 7.56. The predicted molar refractivity (Wildman–Crippen MR) is 73.3 cm³/mol. The first-order valence-corrected chi connectivity index (χ1v) is 6.67. The van der Waals surface area contributed by atoms with Crippen LogP contribution in [0.2, 0.25) is 0 Å². The molecule has 0 saturated carbocycles. The summed E-state index contributed by atoms with van der Waals surface area (Å²) in [5.74, 6) is -0.278. The zero-order chi connectivity index (χ0) is 13.8. The van der Waals surface area contributed by atoms with Gasteiger partial charge in [-0.3, -0.25) is 4.68 Å². The molecule has 1 aromatic carbocycles. The first kappa shape index (κ1) is 13.4. The van der Waals surface area contributed by atoms with Crippen LogP contribution in [0.25, 0.3) is 0 Å². The fraction of sp³-hybridized carbons (Fsp3) is 0.250. The molecule has 0 fully saturated rings. The van der Waals surface area contributed by atoms with Crippen molar-refractivity contribution in [2.45, 2.75) is 18.4 Å². The Hall–Kier alpha value is -2.02. The van der Waals surface area contributed by atoms with Gasteiger partial charge in [-0.2, -0.15) is 0 Å². The molecule has 19 heavy (non-hydrogen) atoms. The molecule has 0 atom stereocenters. The van der Waals surface area contributed by atoms with Crippen LogP contribution in [0, 0.1) is 6.92 Å². The molecule has 7 heteroatoms. The number of nitrogens with two attached hydrogens (primary N) is 1. The van der Waals surface area contributed by atoms with Crippen LogP contribution in [0.15, 0.2) is 29.3 Å². The van der Waals surface area contributed by atoms with Gasteiger partial charge in [0.1, 0.15) is 0 Å². The average molecular weight is 278 g/mol. The first-order valence-electron chi connectivity index (χ1n) is 5.68. The smallest absolute Gasteiger partial charge is 0.358 e. The number of anilines is 1. The van der Waals surface area contributed by atoms with Crippen molar-refractivity contribution in [1.82, 2.24) is 15.0 Å². The highest BCUT2D eigenvalue weighted by Crippen LogP contribution is 2.22. The molecule has 1 heterocycles. The molecule has 0 amide bonds. The molecule has 0 bridgehead atoms. The zero-order valence-corrected chi connectivity index (χ0v) is 11.2. The lowest BCUT2D eigenvalue weighted by Crippen LogP contribution is -2.01. The Morgan fingerprint density at radius 3 is 2.95 bits per heavy atom. The molecule has 1 aromatic heterocycles. The fourth-order valence-electron chi connectivity index (χ4n) is 1.50. The summed E-state index contributed by atoms with van der Waals surface area (Å²) < 4.78 is 1.53. The van der Waals surface area contributed by atoms with Gasteiger partial charge in [-0.05, 0) is 30.7 Å². The van der Waals surface area contributed by atoms with Crippen LogP contribution in [-0.2, 0) is 6.54 Å². The molecule has 2 aromatic rings. The lowest BCUT2D eigenvalue weighted by atomic mass is 10.2. The van der Waals surface area contributed by atoms with Crippen LogP contribution in [0.3, 0.4) is 0 Å². The van der Waals surface area contributed by atoms with Gasteiger partial charge in [0, 0.05) is 16.3 Å². The van der Waals surface area contributed by atoms with Gasteiger partial charge >= 0.3 is 5.97 Å². The Morgan fingerprint density at radius 1 is 1.53 bits per heavy atom. The van der Waals surface area contributed by atoms with E-state index in [9.17, 15) is 4.79 Å². The Balaban J connectivity index is 1.88. The molecule has 100 valence electrons. The summed E-state index contributed by atoms with van der Waals surface area (Å²) in [6, 6.07) is 5.89. The molecule has 0 unspecified atom stereocenters. The van der Waals surface area contributed by atoms with E-state index in [-0.39, 0.29) is 5.69 Å². The van der Waals surface area contributed by atoms with E-state index in [2.05, 4.69) is 10.3 Å². The summed E-state index contributed by atoms with van der Waals surface area (Å²) in [4.78, 5) is 11.8. The number of hydrogen-bond donors (Lipinski definition) is 2. The Morgan fingerprint density at radius 2 is 2.32 bits per heavy atom. The number of benzene rings is 1. The zero-order valence-electron chi connectivity index (χ0n) is 10.4. The Bertz CT molecular complexity index is 597. The molecule has 0 radical (unpaired) electrons. The summed E-state index contributed by atoms with van der Waals surface area (Å²) in [7, 11) is 0. The van der Waals surface area contributed by atoms with Crippen molar-refractivity contribution in [2.24, 2.45) is 0 Å². The van der Waals surface area contributed by atoms with Crippen molar-refractivity contribution in [1.29, 1.82) is 0 Å². The van der Waals surface area contributed by atoms with Gasteiger partial charge in [0.2, 0.25) is 0 Å². The third-order valence-corrected chi connectivity index (χ3v) is 3.56. The lowest BCUT2D eigenvalue weighted by Gasteiger charge is -2.04. The van der Waals surface area contributed by atoms with E-state index < -0.39 is 5.97 Å². The first-order chi connectivity index (χ1) is 9.06. The SMILES string of the molecule is Cc1cc(SCCn2cc(C(=O)O)nn2)ccc1N. The highest BCUT2D eigenvalue weighted by atomic mass is 32.2. The van der Waals surface area contributed by atoms with Crippen molar-refractivity contribution in [3.8, 4) is 0 Å². The number of hydrogen-bond acceptors (Lipinski definition) is 5. The van der Waals surface area contributed by atoms with Crippen molar-refractivity contribution < 1.29 is 9.90 Å². The number of nitrogen functional groups attached to an aromatic ring is 1. The summed E-state index contributed by atoms with van der Waals surface area (Å²) in [6.45, 7) is 2.57. The molecule has 2 rings (SSSR count). The lowest BCUT2D eigenvalue weighted by molar-refractivity contribution is 0.0690. The maximum absolute atomic E-state index is 10.6. The maximum Gasteiger partial charge on any atom is 0.358 e. The maximum atomic E-state index is 10.6. The molecule has 0 aliphatic carbocycles. The number of carboxylic acids is 1. The third kappa shape index (κ3) is 3.47. The van der Waals surface area contributed by atoms with Crippen molar-refractivity contribution in [3.63, 3.8) is 0 Å². The van der Waals surface area contributed by atoms with Gasteiger partial charge in [0.15, 0.2) is 5.69 Å². The molecule has 3 N–H and O–H groups in total. The van der Waals surface area contributed by atoms with E-state index in [0.29, 0.717) is 6.54 Å². The summed E-state index contributed by atoms with van der Waals surface area (Å²) >= 11 is 1.66. The second-order valence-electron chi connectivity index (χ2n) is 4.04. The number of aryl methyl sites for hydroxylation is 2. The largest absolute Gasteiger partial charge is 0.476 e. The van der Waals surface area contributed by atoms with E-state index >= 15 is 0 Å². The second-order valence-corrected chi connectivity index (χ2v) is 5.21. The van der Waals surface area contributed by atoms with Gasteiger partial charge < -0.3 is 10.8 Å². The molecular weight excluding hydrogens is 264 g/mol. The van der Waals surface area contributed by atoms with E-state index in [4.69, 9.17) is 10.8 Å². The van der Waals surface area contributed by atoms with Gasteiger partial charge in [-0.1, -0.05) is 5.21 Å². The number of carbonyl (C=O) groups is 1. The van der Waals surface area contributed by atoms with Crippen molar-refractivity contribution >= 4 is 23.4 Å². The topological polar surface area (TPSA) is 94.0 Å². The Kier molecular flexibility index (Phi) is 4.06. The number of rotatable bonds is 5. The number of aromatic nitrogens is 3. The van der Waals surface area contributed by atoms with Crippen LogP contribution >= 0.6 is 11.8 Å².